The third kappa shape index (κ3) is 4.92. The number of nitrogens with one attached hydrogen (secondary N) is 1. The Kier molecular flexibility index (Phi) is 6.19. The molecule has 2 amide bonds. The Bertz CT molecular complexity index is 813. The second-order valence-corrected chi connectivity index (χ2v) is 6.81. The van der Waals surface area contributed by atoms with Gasteiger partial charge in [-0.2, -0.15) is 0 Å². The fourth-order valence-corrected chi connectivity index (χ4v) is 3.20. The number of hydrogen-bond donors (Lipinski definition) is 1. The minimum absolute atomic E-state index is 0.112. The highest BCUT2D eigenvalue weighted by atomic mass is 16.2. The molecule has 1 aromatic heterocycles. The molecule has 0 bridgehead atoms. The van der Waals surface area contributed by atoms with Crippen LogP contribution in [-0.4, -0.2) is 59.3 Å². The number of benzene rings is 1. The van der Waals surface area contributed by atoms with E-state index in [0.717, 1.165) is 30.8 Å². The van der Waals surface area contributed by atoms with Crippen LogP contribution in [0.15, 0.2) is 42.5 Å². The lowest BCUT2D eigenvalue weighted by molar-refractivity contribution is 0.0637. The fraction of sp³-hybridized carbons (Fsp3) is 0.381. The highest BCUT2D eigenvalue weighted by Gasteiger charge is 2.22. The maximum Gasteiger partial charge on any atom is 0.272 e. The standard InChI is InChI=1S/C21H26N4O2/c1-3-24-10-12-25(13-11-24)21(27)19-9-5-8-18(23-19)20(26)22-15-17-7-4-6-16(2)14-17/h4-9,14H,3,10-13,15H2,1-2H3,(H,22,26). The molecule has 0 atom stereocenters. The van der Waals surface area contributed by atoms with E-state index in [-0.39, 0.29) is 17.5 Å². The summed E-state index contributed by atoms with van der Waals surface area (Å²) in [6, 6.07) is 13.0. The van der Waals surface area contributed by atoms with E-state index in [1.165, 1.54) is 0 Å². The van der Waals surface area contributed by atoms with Crippen LogP contribution >= 0.6 is 0 Å². The van der Waals surface area contributed by atoms with Crippen LogP contribution in [0.25, 0.3) is 0 Å². The zero-order chi connectivity index (χ0) is 19.2. The van der Waals surface area contributed by atoms with Crippen LogP contribution < -0.4 is 5.32 Å². The molecule has 6 nitrogen and oxygen atoms in total. The van der Waals surface area contributed by atoms with Gasteiger partial charge in [0.15, 0.2) is 0 Å². The molecule has 1 aliphatic rings. The summed E-state index contributed by atoms with van der Waals surface area (Å²) in [6.07, 6.45) is 0. The average Bonchev–Trinajstić information content (AvgIpc) is 2.71. The van der Waals surface area contributed by atoms with E-state index in [1.54, 1.807) is 18.2 Å². The SMILES string of the molecule is CCN1CCN(C(=O)c2cccc(C(=O)NCc3cccc(C)c3)n2)CC1. The highest BCUT2D eigenvalue weighted by molar-refractivity contribution is 5.96. The number of hydrogen-bond acceptors (Lipinski definition) is 4. The van der Waals surface area contributed by atoms with Gasteiger partial charge in [-0.1, -0.05) is 42.8 Å². The van der Waals surface area contributed by atoms with E-state index in [9.17, 15) is 9.59 Å². The molecular formula is C21H26N4O2. The van der Waals surface area contributed by atoms with Crippen molar-refractivity contribution in [3.8, 4) is 0 Å². The number of rotatable bonds is 5. The van der Waals surface area contributed by atoms with Crippen molar-refractivity contribution < 1.29 is 9.59 Å². The number of pyridine rings is 1. The normalized spacial score (nSPS) is 14.8. The zero-order valence-corrected chi connectivity index (χ0v) is 15.9. The van der Waals surface area contributed by atoms with Crippen molar-refractivity contribution in [2.75, 3.05) is 32.7 Å². The van der Waals surface area contributed by atoms with Crippen LogP contribution in [-0.2, 0) is 6.54 Å². The van der Waals surface area contributed by atoms with E-state index in [2.05, 4.69) is 22.1 Å². The van der Waals surface area contributed by atoms with Crippen molar-refractivity contribution in [2.24, 2.45) is 0 Å². The molecule has 0 saturated carbocycles. The monoisotopic (exact) mass is 366 g/mol. The predicted octanol–water partition coefficient (Wildman–Crippen LogP) is 2.10. The van der Waals surface area contributed by atoms with Crippen LogP contribution in [0.1, 0.15) is 39.0 Å². The number of amides is 2. The lowest BCUT2D eigenvalue weighted by Crippen LogP contribution is -2.48. The van der Waals surface area contributed by atoms with Crippen molar-refractivity contribution in [3.63, 3.8) is 0 Å². The molecule has 1 saturated heterocycles. The minimum Gasteiger partial charge on any atom is -0.347 e. The summed E-state index contributed by atoms with van der Waals surface area (Å²) < 4.78 is 0. The molecule has 27 heavy (non-hydrogen) atoms. The highest BCUT2D eigenvalue weighted by Crippen LogP contribution is 2.09. The molecule has 142 valence electrons. The zero-order valence-electron chi connectivity index (χ0n) is 15.9. The van der Waals surface area contributed by atoms with Gasteiger partial charge >= 0.3 is 0 Å². The van der Waals surface area contributed by atoms with Crippen molar-refractivity contribution in [3.05, 3.63) is 65.0 Å². The molecule has 1 aliphatic heterocycles. The van der Waals surface area contributed by atoms with Crippen LogP contribution in [0.3, 0.4) is 0 Å². The van der Waals surface area contributed by atoms with Gasteiger partial charge in [0.05, 0.1) is 0 Å². The van der Waals surface area contributed by atoms with Crippen LogP contribution in [0.2, 0.25) is 0 Å². The number of aromatic nitrogens is 1. The van der Waals surface area contributed by atoms with Gasteiger partial charge in [-0.15, -0.1) is 0 Å². The summed E-state index contributed by atoms with van der Waals surface area (Å²) in [6.45, 7) is 8.70. The summed E-state index contributed by atoms with van der Waals surface area (Å²) in [5.41, 5.74) is 2.77. The Morgan fingerprint density at radius 3 is 2.44 bits per heavy atom. The first-order valence-electron chi connectivity index (χ1n) is 9.39. The minimum atomic E-state index is -0.276. The van der Waals surface area contributed by atoms with Gasteiger partial charge in [0, 0.05) is 32.7 Å². The second-order valence-electron chi connectivity index (χ2n) is 6.81. The van der Waals surface area contributed by atoms with Gasteiger partial charge in [0.2, 0.25) is 0 Å². The Morgan fingerprint density at radius 1 is 1.04 bits per heavy atom. The Labute approximate surface area is 160 Å². The number of piperazine rings is 1. The van der Waals surface area contributed by atoms with Crippen molar-refractivity contribution in [2.45, 2.75) is 20.4 Å². The van der Waals surface area contributed by atoms with Gasteiger partial charge < -0.3 is 15.1 Å². The van der Waals surface area contributed by atoms with E-state index in [4.69, 9.17) is 0 Å². The van der Waals surface area contributed by atoms with E-state index in [0.29, 0.717) is 25.3 Å². The first-order valence-corrected chi connectivity index (χ1v) is 9.39. The third-order valence-corrected chi connectivity index (χ3v) is 4.84. The molecule has 0 aliphatic carbocycles. The molecule has 6 heteroatoms. The number of nitrogens with zero attached hydrogens (tertiary/aromatic N) is 3. The lowest BCUT2D eigenvalue weighted by atomic mass is 10.1. The third-order valence-electron chi connectivity index (χ3n) is 4.84. The average molecular weight is 366 g/mol. The van der Waals surface area contributed by atoms with Crippen molar-refractivity contribution in [1.29, 1.82) is 0 Å². The fourth-order valence-electron chi connectivity index (χ4n) is 3.20. The number of aryl methyl sites for hydroxylation is 1. The van der Waals surface area contributed by atoms with Crippen LogP contribution in [0.5, 0.6) is 0 Å². The summed E-state index contributed by atoms with van der Waals surface area (Å²) in [4.78, 5) is 33.6. The van der Waals surface area contributed by atoms with Crippen LogP contribution in [0.4, 0.5) is 0 Å². The van der Waals surface area contributed by atoms with Gasteiger partial charge in [0.25, 0.3) is 11.8 Å². The lowest BCUT2D eigenvalue weighted by Gasteiger charge is -2.33. The summed E-state index contributed by atoms with van der Waals surface area (Å²) in [5.74, 6) is -0.388. The predicted molar refractivity (Wildman–Crippen MR) is 105 cm³/mol. The first kappa shape index (κ1) is 19.0. The van der Waals surface area contributed by atoms with Crippen molar-refractivity contribution >= 4 is 11.8 Å². The molecule has 1 fully saturated rings. The Hall–Kier alpha value is -2.73. The summed E-state index contributed by atoms with van der Waals surface area (Å²) in [7, 11) is 0. The molecular weight excluding hydrogens is 340 g/mol. The number of carbonyl (C=O) groups excluding carboxylic acids is 2. The van der Waals surface area contributed by atoms with E-state index in [1.807, 2.05) is 36.1 Å². The number of likely N-dealkylation sites (N-methyl/N-ethyl adjacent to an activating group) is 1. The molecule has 1 aromatic carbocycles. The van der Waals surface area contributed by atoms with E-state index >= 15 is 0 Å². The molecule has 1 N–H and O–H groups in total. The van der Waals surface area contributed by atoms with E-state index < -0.39 is 0 Å². The van der Waals surface area contributed by atoms with Gasteiger partial charge in [0.1, 0.15) is 11.4 Å². The van der Waals surface area contributed by atoms with Gasteiger partial charge in [-0.05, 0) is 31.2 Å². The molecule has 2 heterocycles. The maximum absolute atomic E-state index is 12.7. The van der Waals surface area contributed by atoms with Crippen molar-refractivity contribution in [1.82, 2.24) is 20.1 Å². The second kappa shape index (κ2) is 8.77. The summed E-state index contributed by atoms with van der Waals surface area (Å²) in [5, 5.41) is 2.87. The van der Waals surface area contributed by atoms with Crippen LogP contribution in [0, 0.1) is 6.92 Å². The molecule has 2 aromatic rings. The summed E-state index contributed by atoms with van der Waals surface area (Å²) >= 11 is 0. The number of carbonyl (C=O) groups is 2. The maximum atomic E-state index is 12.7. The quantitative estimate of drug-likeness (QED) is 0.880. The smallest absolute Gasteiger partial charge is 0.272 e. The largest absolute Gasteiger partial charge is 0.347 e. The Balaban J connectivity index is 1.62. The van der Waals surface area contributed by atoms with Gasteiger partial charge in [-0.25, -0.2) is 4.98 Å². The molecule has 0 spiro atoms. The first-order chi connectivity index (χ1) is 13.1. The molecule has 3 rings (SSSR count). The Morgan fingerprint density at radius 2 is 1.74 bits per heavy atom. The molecule has 0 radical (unpaired) electrons. The molecule has 0 unspecified atom stereocenters. The topological polar surface area (TPSA) is 65.5 Å². The van der Waals surface area contributed by atoms with Gasteiger partial charge in [-0.3, -0.25) is 9.59 Å².